The van der Waals surface area contributed by atoms with Crippen molar-refractivity contribution in [2.24, 2.45) is 4.99 Å². The molecule has 1 aromatic carbocycles. The number of benzene rings is 1. The molecule has 1 aromatic heterocycles. The summed E-state index contributed by atoms with van der Waals surface area (Å²) in [6.45, 7) is 0.850. The number of aryl methyl sites for hydroxylation is 1. The summed E-state index contributed by atoms with van der Waals surface area (Å²) in [5.74, 6) is 2.57. The van der Waals surface area contributed by atoms with Crippen molar-refractivity contribution in [2.45, 2.75) is 43.8 Å². The molecule has 0 bridgehead atoms. The zero-order valence-corrected chi connectivity index (χ0v) is 16.1. The van der Waals surface area contributed by atoms with E-state index in [-0.39, 0.29) is 24.0 Å². The Kier molecular flexibility index (Phi) is 5.37. The SMILES string of the molecule is CN=C(NC1CCc2ncnn2C1)NC1CC1c1ccccc1.I. The van der Waals surface area contributed by atoms with Crippen LogP contribution < -0.4 is 10.6 Å². The summed E-state index contributed by atoms with van der Waals surface area (Å²) in [5, 5.41) is 11.3. The van der Waals surface area contributed by atoms with Gasteiger partial charge in [0.25, 0.3) is 0 Å². The van der Waals surface area contributed by atoms with Gasteiger partial charge in [0.2, 0.25) is 0 Å². The smallest absolute Gasteiger partial charge is 0.191 e. The van der Waals surface area contributed by atoms with Crippen LogP contribution in [0.3, 0.4) is 0 Å². The number of aliphatic imine (C=N–C) groups is 1. The van der Waals surface area contributed by atoms with E-state index in [0.717, 1.165) is 31.2 Å². The van der Waals surface area contributed by atoms with Crippen LogP contribution in [0.1, 0.15) is 30.1 Å². The molecular formula is C17H23IN6. The predicted molar refractivity (Wildman–Crippen MR) is 105 cm³/mol. The van der Waals surface area contributed by atoms with Gasteiger partial charge >= 0.3 is 0 Å². The first-order valence-corrected chi connectivity index (χ1v) is 8.25. The molecular weight excluding hydrogens is 415 g/mol. The van der Waals surface area contributed by atoms with E-state index >= 15 is 0 Å². The van der Waals surface area contributed by atoms with E-state index in [2.05, 4.69) is 56.0 Å². The first kappa shape index (κ1) is 17.2. The molecule has 0 spiro atoms. The summed E-state index contributed by atoms with van der Waals surface area (Å²) in [5.41, 5.74) is 1.41. The quantitative estimate of drug-likeness (QED) is 0.437. The Morgan fingerprint density at radius 1 is 1.25 bits per heavy atom. The average molecular weight is 438 g/mol. The van der Waals surface area contributed by atoms with Gasteiger partial charge in [0.1, 0.15) is 12.2 Å². The summed E-state index contributed by atoms with van der Waals surface area (Å²) < 4.78 is 1.98. The Morgan fingerprint density at radius 2 is 2.08 bits per heavy atom. The molecule has 4 rings (SSSR count). The summed E-state index contributed by atoms with van der Waals surface area (Å²) in [4.78, 5) is 8.65. The minimum Gasteiger partial charge on any atom is -0.353 e. The van der Waals surface area contributed by atoms with E-state index in [1.807, 2.05) is 11.7 Å². The maximum Gasteiger partial charge on any atom is 0.191 e. The van der Waals surface area contributed by atoms with Crippen LogP contribution in [-0.4, -0.2) is 39.9 Å². The van der Waals surface area contributed by atoms with Gasteiger partial charge < -0.3 is 10.6 Å². The third kappa shape index (κ3) is 3.71. The highest BCUT2D eigenvalue weighted by molar-refractivity contribution is 14.0. The molecule has 1 saturated carbocycles. The number of guanidine groups is 1. The van der Waals surface area contributed by atoms with E-state index in [9.17, 15) is 0 Å². The van der Waals surface area contributed by atoms with Crippen LogP contribution in [0.15, 0.2) is 41.7 Å². The number of nitrogens with zero attached hydrogens (tertiary/aromatic N) is 4. The van der Waals surface area contributed by atoms with Gasteiger partial charge in [-0.25, -0.2) is 9.67 Å². The van der Waals surface area contributed by atoms with Crippen molar-refractivity contribution in [1.82, 2.24) is 25.4 Å². The van der Waals surface area contributed by atoms with Crippen molar-refractivity contribution in [1.29, 1.82) is 0 Å². The van der Waals surface area contributed by atoms with Crippen LogP contribution in [0.2, 0.25) is 0 Å². The van der Waals surface area contributed by atoms with Crippen molar-refractivity contribution in [2.75, 3.05) is 7.05 Å². The maximum atomic E-state index is 4.38. The lowest BCUT2D eigenvalue weighted by Crippen LogP contribution is -2.47. The lowest BCUT2D eigenvalue weighted by atomic mass is 10.1. The number of hydrogen-bond acceptors (Lipinski definition) is 3. The summed E-state index contributed by atoms with van der Waals surface area (Å²) in [7, 11) is 1.83. The first-order valence-electron chi connectivity index (χ1n) is 8.25. The highest BCUT2D eigenvalue weighted by atomic mass is 127. The van der Waals surface area contributed by atoms with Gasteiger partial charge in [-0.2, -0.15) is 5.10 Å². The van der Waals surface area contributed by atoms with Crippen LogP contribution in [0.25, 0.3) is 0 Å². The second-order valence-corrected chi connectivity index (χ2v) is 6.31. The Bertz CT molecular complexity index is 698. The summed E-state index contributed by atoms with van der Waals surface area (Å²) >= 11 is 0. The zero-order valence-electron chi connectivity index (χ0n) is 13.7. The molecule has 24 heavy (non-hydrogen) atoms. The number of nitrogens with one attached hydrogen (secondary N) is 2. The molecule has 1 fully saturated rings. The van der Waals surface area contributed by atoms with Crippen molar-refractivity contribution in [3.05, 3.63) is 48.0 Å². The van der Waals surface area contributed by atoms with Gasteiger partial charge in [-0.3, -0.25) is 4.99 Å². The molecule has 2 heterocycles. The first-order chi connectivity index (χ1) is 11.3. The van der Waals surface area contributed by atoms with Gasteiger partial charge in [-0.15, -0.1) is 24.0 Å². The lowest BCUT2D eigenvalue weighted by Gasteiger charge is -2.25. The van der Waals surface area contributed by atoms with Crippen LogP contribution in [0.5, 0.6) is 0 Å². The van der Waals surface area contributed by atoms with Gasteiger partial charge in [0.15, 0.2) is 5.96 Å². The zero-order chi connectivity index (χ0) is 15.6. The van der Waals surface area contributed by atoms with E-state index in [1.165, 1.54) is 12.0 Å². The number of aromatic nitrogens is 3. The Balaban J connectivity index is 0.00000169. The molecule has 0 saturated heterocycles. The molecule has 7 heteroatoms. The predicted octanol–water partition coefficient (Wildman–Crippen LogP) is 1.93. The normalized spacial score (nSPS) is 25.4. The fourth-order valence-electron chi connectivity index (χ4n) is 3.32. The summed E-state index contributed by atoms with van der Waals surface area (Å²) in [6, 6.07) is 11.5. The van der Waals surface area contributed by atoms with Crippen molar-refractivity contribution in [3.63, 3.8) is 0 Å². The molecule has 128 valence electrons. The second-order valence-electron chi connectivity index (χ2n) is 6.31. The molecule has 2 aromatic rings. The standard InChI is InChI=1S/C17H22N6.HI/c1-18-17(21-13-7-8-16-19-11-20-23(16)10-13)22-15-9-14(15)12-5-3-2-4-6-12;/h2-6,11,13-15H,7-10H2,1H3,(H2,18,21,22);1H. The van der Waals surface area contributed by atoms with Crippen molar-refractivity contribution < 1.29 is 0 Å². The van der Waals surface area contributed by atoms with Crippen LogP contribution in [0, 0.1) is 0 Å². The van der Waals surface area contributed by atoms with Gasteiger partial charge in [-0.1, -0.05) is 30.3 Å². The topological polar surface area (TPSA) is 67.1 Å². The average Bonchev–Trinajstić information content (AvgIpc) is 3.20. The number of fused-ring (bicyclic) bond motifs is 1. The molecule has 2 aliphatic rings. The Hall–Kier alpha value is -1.64. The largest absolute Gasteiger partial charge is 0.353 e. The molecule has 1 aliphatic carbocycles. The number of hydrogen-bond donors (Lipinski definition) is 2. The second kappa shape index (κ2) is 7.50. The molecule has 3 atom stereocenters. The lowest BCUT2D eigenvalue weighted by molar-refractivity contribution is 0.392. The third-order valence-corrected chi connectivity index (χ3v) is 4.71. The molecule has 3 unspecified atom stereocenters. The fourth-order valence-corrected chi connectivity index (χ4v) is 3.32. The van der Waals surface area contributed by atoms with E-state index in [0.29, 0.717) is 18.0 Å². The minimum atomic E-state index is 0. The van der Waals surface area contributed by atoms with E-state index in [1.54, 1.807) is 6.33 Å². The van der Waals surface area contributed by atoms with Gasteiger partial charge in [-0.05, 0) is 18.4 Å². The third-order valence-electron chi connectivity index (χ3n) is 4.71. The number of rotatable bonds is 3. The maximum absolute atomic E-state index is 4.38. The molecule has 6 nitrogen and oxygen atoms in total. The van der Waals surface area contributed by atoms with Crippen molar-refractivity contribution >= 4 is 29.9 Å². The van der Waals surface area contributed by atoms with Crippen molar-refractivity contribution in [3.8, 4) is 0 Å². The molecule has 1 aliphatic heterocycles. The van der Waals surface area contributed by atoms with Crippen LogP contribution >= 0.6 is 24.0 Å². The van der Waals surface area contributed by atoms with Crippen LogP contribution in [-0.2, 0) is 13.0 Å². The highest BCUT2D eigenvalue weighted by Gasteiger charge is 2.39. The van der Waals surface area contributed by atoms with Crippen LogP contribution in [0.4, 0.5) is 0 Å². The Morgan fingerprint density at radius 3 is 2.88 bits per heavy atom. The van der Waals surface area contributed by atoms with Gasteiger partial charge in [0.05, 0.1) is 6.54 Å². The van der Waals surface area contributed by atoms with E-state index in [4.69, 9.17) is 0 Å². The monoisotopic (exact) mass is 438 g/mol. The fraction of sp³-hybridized carbons (Fsp3) is 0.471. The Labute approximate surface area is 159 Å². The minimum absolute atomic E-state index is 0. The summed E-state index contributed by atoms with van der Waals surface area (Å²) in [6.07, 6.45) is 4.83. The molecule has 2 N–H and O–H groups in total. The molecule has 0 radical (unpaired) electrons. The molecule has 0 amide bonds. The highest BCUT2D eigenvalue weighted by Crippen LogP contribution is 2.40. The van der Waals surface area contributed by atoms with Gasteiger partial charge in [0, 0.05) is 31.5 Å². The van der Waals surface area contributed by atoms with E-state index < -0.39 is 0 Å². The number of halogens is 1.